The van der Waals surface area contributed by atoms with Gasteiger partial charge in [-0.05, 0) is 48.9 Å². The van der Waals surface area contributed by atoms with Crippen LogP contribution in [-0.4, -0.2) is 48.5 Å². The van der Waals surface area contributed by atoms with Crippen molar-refractivity contribution in [1.29, 1.82) is 0 Å². The number of ether oxygens (including phenoxy) is 3. The maximum absolute atomic E-state index is 12.6. The summed E-state index contributed by atoms with van der Waals surface area (Å²) in [6.45, 7) is 1.46. The van der Waals surface area contributed by atoms with Gasteiger partial charge in [0.05, 0.1) is 39.3 Å². The second-order valence-electron chi connectivity index (χ2n) is 6.37. The summed E-state index contributed by atoms with van der Waals surface area (Å²) in [6.07, 6.45) is 1.06. The van der Waals surface area contributed by atoms with Gasteiger partial charge in [0, 0.05) is 0 Å². The Bertz CT molecular complexity index is 944. The SMILES string of the molecule is COc1ccc(N(CC(=O)NC(C)c2ccc(OC)c(OC)c2)S(C)(=O)=O)cc1. The van der Waals surface area contributed by atoms with E-state index in [1.54, 1.807) is 50.4 Å². The number of hydrogen-bond donors (Lipinski definition) is 1. The minimum atomic E-state index is -3.66. The monoisotopic (exact) mass is 422 g/mol. The quantitative estimate of drug-likeness (QED) is 0.667. The molecule has 0 saturated heterocycles. The highest BCUT2D eigenvalue weighted by molar-refractivity contribution is 7.92. The number of rotatable bonds is 9. The van der Waals surface area contributed by atoms with Gasteiger partial charge < -0.3 is 19.5 Å². The van der Waals surface area contributed by atoms with Gasteiger partial charge in [-0.3, -0.25) is 9.10 Å². The summed E-state index contributed by atoms with van der Waals surface area (Å²) in [7, 11) is 0.937. The van der Waals surface area contributed by atoms with E-state index in [-0.39, 0.29) is 12.6 Å². The van der Waals surface area contributed by atoms with E-state index < -0.39 is 15.9 Å². The molecule has 0 bridgehead atoms. The second-order valence-corrected chi connectivity index (χ2v) is 8.28. The molecule has 29 heavy (non-hydrogen) atoms. The molecule has 0 aliphatic heterocycles. The zero-order valence-electron chi connectivity index (χ0n) is 17.1. The van der Waals surface area contributed by atoms with Crippen LogP contribution in [0.5, 0.6) is 17.2 Å². The number of methoxy groups -OCH3 is 3. The minimum Gasteiger partial charge on any atom is -0.497 e. The molecule has 158 valence electrons. The summed E-state index contributed by atoms with van der Waals surface area (Å²) in [5, 5.41) is 2.81. The Morgan fingerprint density at radius 3 is 2.14 bits per heavy atom. The van der Waals surface area contributed by atoms with E-state index in [1.807, 2.05) is 6.07 Å². The molecule has 1 N–H and O–H groups in total. The summed E-state index contributed by atoms with van der Waals surface area (Å²) in [5.74, 6) is 1.28. The van der Waals surface area contributed by atoms with Crippen molar-refractivity contribution in [3.8, 4) is 17.2 Å². The molecule has 0 radical (unpaired) electrons. The van der Waals surface area contributed by atoms with Gasteiger partial charge in [0.1, 0.15) is 12.3 Å². The van der Waals surface area contributed by atoms with Gasteiger partial charge in [-0.2, -0.15) is 0 Å². The Kier molecular flexibility index (Phi) is 7.33. The van der Waals surface area contributed by atoms with E-state index in [0.29, 0.717) is 22.9 Å². The van der Waals surface area contributed by atoms with Crippen LogP contribution in [0, 0.1) is 0 Å². The lowest BCUT2D eigenvalue weighted by molar-refractivity contribution is -0.120. The van der Waals surface area contributed by atoms with Gasteiger partial charge in [0.25, 0.3) is 0 Å². The lowest BCUT2D eigenvalue weighted by atomic mass is 10.1. The molecule has 2 rings (SSSR count). The number of carbonyl (C=O) groups is 1. The highest BCUT2D eigenvalue weighted by Gasteiger charge is 2.22. The molecule has 2 aromatic carbocycles. The van der Waals surface area contributed by atoms with Crippen LogP contribution < -0.4 is 23.8 Å². The van der Waals surface area contributed by atoms with Gasteiger partial charge in [-0.15, -0.1) is 0 Å². The van der Waals surface area contributed by atoms with Crippen LogP contribution in [0.1, 0.15) is 18.5 Å². The molecular formula is C20H26N2O6S. The van der Waals surface area contributed by atoms with E-state index in [4.69, 9.17) is 14.2 Å². The van der Waals surface area contributed by atoms with Crippen molar-refractivity contribution in [2.45, 2.75) is 13.0 Å². The number of hydrogen-bond acceptors (Lipinski definition) is 6. The Hall–Kier alpha value is -2.94. The lowest BCUT2D eigenvalue weighted by Crippen LogP contribution is -2.41. The predicted octanol–water partition coefficient (Wildman–Crippen LogP) is 2.36. The molecule has 1 unspecified atom stereocenters. The average Bonchev–Trinajstić information content (AvgIpc) is 2.70. The van der Waals surface area contributed by atoms with Crippen molar-refractivity contribution in [2.75, 3.05) is 38.4 Å². The molecule has 2 aromatic rings. The fourth-order valence-electron chi connectivity index (χ4n) is 2.77. The fraction of sp³-hybridized carbons (Fsp3) is 0.350. The number of sulfonamides is 1. The van der Waals surface area contributed by atoms with Gasteiger partial charge in [0.15, 0.2) is 11.5 Å². The topological polar surface area (TPSA) is 94.2 Å². The third-order valence-electron chi connectivity index (χ3n) is 4.33. The number of carbonyl (C=O) groups excluding carboxylic acids is 1. The molecule has 1 amide bonds. The second kappa shape index (κ2) is 9.51. The van der Waals surface area contributed by atoms with Gasteiger partial charge in [-0.1, -0.05) is 6.07 Å². The number of nitrogens with one attached hydrogen (secondary N) is 1. The molecule has 0 fully saturated rings. The minimum absolute atomic E-state index is 0.344. The lowest BCUT2D eigenvalue weighted by Gasteiger charge is -2.23. The third kappa shape index (κ3) is 5.77. The third-order valence-corrected chi connectivity index (χ3v) is 5.47. The van der Waals surface area contributed by atoms with E-state index in [9.17, 15) is 13.2 Å². The van der Waals surface area contributed by atoms with Crippen LogP contribution in [-0.2, 0) is 14.8 Å². The van der Waals surface area contributed by atoms with E-state index in [0.717, 1.165) is 16.1 Å². The Labute approximate surface area is 171 Å². The van der Waals surface area contributed by atoms with E-state index in [1.165, 1.54) is 14.2 Å². The van der Waals surface area contributed by atoms with Crippen molar-refractivity contribution in [1.82, 2.24) is 5.32 Å². The molecule has 0 spiro atoms. The van der Waals surface area contributed by atoms with Crippen molar-refractivity contribution >= 4 is 21.6 Å². The van der Waals surface area contributed by atoms with Crippen molar-refractivity contribution in [3.63, 3.8) is 0 Å². The summed E-state index contributed by atoms with van der Waals surface area (Å²) in [6, 6.07) is 11.4. The first-order chi connectivity index (χ1) is 13.7. The highest BCUT2D eigenvalue weighted by atomic mass is 32.2. The van der Waals surface area contributed by atoms with Crippen LogP contribution >= 0.6 is 0 Å². The highest BCUT2D eigenvalue weighted by Crippen LogP contribution is 2.30. The molecule has 9 heteroatoms. The van der Waals surface area contributed by atoms with Crippen LogP contribution in [0.25, 0.3) is 0 Å². The molecule has 8 nitrogen and oxygen atoms in total. The molecule has 0 saturated carbocycles. The first kappa shape index (κ1) is 22.4. The first-order valence-electron chi connectivity index (χ1n) is 8.82. The largest absolute Gasteiger partial charge is 0.497 e. The van der Waals surface area contributed by atoms with Crippen molar-refractivity contribution in [2.24, 2.45) is 0 Å². The summed E-state index contributed by atoms with van der Waals surface area (Å²) >= 11 is 0. The van der Waals surface area contributed by atoms with Gasteiger partial charge >= 0.3 is 0 Å². The predicted molar refractivity (Wildman–Crippen MR) is 111 cm³/mol. The Morgan fingerprint density at radius 1 is 1.00 bits per heavy atom. The molecule has 0 heterocycles. The fourth-order valence-corrected chi connectivity index (χ4v) is 3.63. The van der Waals surface area contributed by atoms with Crippen LogP contribution in [0.4, 0.5) is 5.69 Å². The van der Waals surface area contributed by atoms with Gasteiger partial charge in [-0.25, -0.2) is 8.42 Å². The summed E-state index contributed by atoms with van der Waals surface area (Å²) < 4.78 is 41.1. The zero-order valence-corrected chi connectivity index (χ0v) is 17.9. The number of amides is 1. The molecule has 0 aliphatic carbocycles. The Morgan fingerprint density at radius 2 is 1.62 bits per heavy atom. The number of anilines is 1. The van der Waals surface area contributed by atoms with E-state index in [2.05, 4.69) is 5.32 Å². The van der Waals surface area contributed by atoms with E-state index >= 15 is 0 Å². The Balaban J connectivity index is 2.15. The summed E-state index contributed by atoms with van der Waals surface area (Å²) in [4.78, 5) is 12.6. The van der Waals surface area contributed by atoms with Crippen LogP contribution in [0.2, 0.25) is 0 Å². The average molecular weight is 423 g/mol. The molecular weight excluding hydrogens is 396 g/mol. The number of benzene rings is 2. The maximum atomic E-state index is 12.6. The molecule has 0 aromatic heterocycles. The normalized spacial score (nSPS) is 12.0. The number of nitrogens with zero attached hydrogens (tertiary/aromatic N) is 1. The van der Waals surface area contributed by atoms with Crippen LogP contribution in [0.3, 0.4) is 0 Å². The van der Waals surface area contributed by atoms with Crippen LogP contribution in [0.15, 0.2) is 42.5 Å². The smallest absolute Gasteiger partial charge is 0.241 e. The van der Waals surface area contributed by atoms with Gasteiger partial charge in [0.2, 0.25) is 15.9 Å². The van der Waals surface area contributed by atoms with Crippen molar-refractivity contribution < 1.29 is 27.4 Å². The zero-order chi connectivity index (χ0) is 21.6. The molecule has 0 aliphatic rings. The summed E-state index contributed by atoms with van der Waals surface area (Å²) in [5.41, 5.74) is 1.17. The standard InChI is InChI=1S/C20H26N2O6S/c1-14(15-6-11-18(27-3)19(12-15)28-4)21-20(23)13-22(29(5,24)25)16-7-9-17(26-2)10-8-16/h6-12,14H,13H2,1-5H3,(H,21,23). The van der Waals surface area contributed by atoms with Crippen molar-refractivity contribution in [3.05, 3.63) is 48.0 Å². The maximum Gasteiger partial charge on any atom is 0.241 e. The first-order valence-corrected chi connectivity index (χ1v) is 10.7. The molecule has 1 atom stereocenters.